The zero-order chi connectivity index (χ0) is 12.1. The summed E-state index contributed by atoms with van der Waals surface area (Å²) in [5, 5.41) is 0.673. The zero-order valence-corrected chi connectivity index (χ0v) is 10.6. The Bertz CT molecular complexity index is 364. The number of ether oxygens (including phenoxy) is 1. The first-order chi connectivity index (χ1) is 8.29. The first kappa shape index (κ1) is 12.7. The minimum atomic E-state index is 0.339. The number of hydrogen-bond acceptors (Lipinski definition) is 3. The Morgan fingerprint density at radius 3 is 2.71 bits per heavy atom. The Hall–Kier alpha value is -0.770. The van der Waals surface area contributed by atoms with Gasteiger partial charge in [-0.25, -0.2) is 5.90 Å². The SMILES string of the molecule is NOCCc1ccc(OC2CCCC2)c(Cl)c1. The number of nitrogens with two attached hydrogens (primary N) is 1. The van der Waals surface area contributed by atoms with Gasteiger partial charge >= 0.3 is 0 Å². The first-order valence-electron chi connectivity index (χ1n) is 6.06. The third kappa shape index (κ3) is 3.60. The summed E-state index contributed by atoms with van der Waals surface area (Å²) in [4.78, 5) is 4.55. The van der Waals surface area contributed by atoms with Crippen molar-refractivity contribution < 1.29 is 9.57 Å². The third-order valence-corrected chi connectivity index (χ3v) is 3.40. The molecular formula is C13H18ClNO2. The van der Waals surface area contributed by atoms with Gasteiger partial charge in [0, 0.05) is 0 Å². The average Bonchev–Trinajstić information content (AvgIpc) is 2.82. The summed E-state index contributed by atoms with van der Waals surface area (Å²) >= 11 is 6.19. The highest BCUT2D eigenvalue weighted by atomic mass is 35.5. The fourth-order valence-electron chi connectivity index (χ4n) is 2.16. The smallest absolute Gasteiger partial charge is 0.138 e. The van der Waals surface area contributed by atoms with Crippen LogP contribution in [0.1, 0.15) is 31.2 Å². The molecule has 0 bridgehead atoms. The molecule has 1 aliphatic carbocycles. The quantitative estimate of drug-likeness (QED) is 0.823. The van der Waals surface area contributed by atoms with Gasteiger partial charge in [-0.15, -0.1) is 0 Å². The van der Waals surface area contributed by atoms with Crippen LogP contribution >= 0.6 is 11.6 Å². The van der Waals surface area contributed by atoms with E-state index in [1.807, 2.05) is 18.2 Å². The van der Waals surface area contributed by atoms with Gasteiger partial charge in [0.05, 0.1) is 17.7 Å². The Morgan fingerprint density at radius 2 is 2.06 bits per heavy atom. The molecule has 0 atom stereocenters. The van der Waals surface area contributed by atoms with Crippen molar-refractivity contribution in [1.82, 2.24) is 0 Å². The van der Waals surface area contributed by atoms with Gasteiger partial charge in [0.15, 0.2) is 0 Å². The summed E-state index contributed by atoms with van der Waals surface area (Å²) in [6.07, 6.45) is 5.89. The van der Waals surface area contributed by atoms with Crippen LogP contribution in [0.15, 0.2) is 18.2 Å². The molecule has 0 saturated heterocycles. The molecule has 17 heavy (non-hydrogen) atoms. The molecule has 3 nitrogen and oxygen atoms in total. The molecule has 2 N–H and O–H groups in total. The lowest BCUT2D eigenvalue weighted by molar-refractivity contribution is 0.141. The van der Waals surface area contributed by atoms with E-state index in [9.17, 15) is 0 Å². The van der Waals surface area contributed by atoms with Crippen LogP contribution in [0.5, 0.6) is 5.75 Å². The molecule has 0 radical (unpaired) electrons. The second kappa shape index (κ2) is 6.24. The maximum atomic E-state index is 6.19. The molecule has 1 aromatic rings. The average molecular weight is 256 g/mol. The van der Waals surface area contributed by atoms with Crippen molar-refractivity contribution >= 4 is 11.6 Å². The van der Waals surface area contributed by atoms with Gasteiger partial charge in [-0.2, -0.15) is 0 Å². The predicted octanol–water partition coefficient (Wildman–Crippen LogP) is 3.09. The summed E-state index contributed by atoms with van der Waals surface area (Å²) in [6.45, 7) is 0.499. The van der Waals surface area contributed by atoms with Crippen molar-refractivity contribution in [2.24, 2.45) is 5.90 Å². The molecule has 1 aromatic carbocycles. The minimum absolute atomic E-state index is 0.339. The second-order valence-electron chi connectivity index (χ2n) is 4.41. The van der Waals surface area contributed by atoms with Crippen molar-refractivity contribution in [3.05, 3.63) is 28.8 Å². The van der Waals surface area contributed by atoms with Crippen molar-refractivity contribution in [1.29, 1.82) is 0 Å². The normalized spacial score (nSPS) is 16.4. The maximum absolute atomic E-state index is 6.19. The molecule has 0 aromatic heterocycles. The van der Waals surface area contributed by atoms with Crippen molar-refractivity contribution in [3.63, 3.8) is 0 Å². The van der Waals surface area contributed by atoms with Crippen LogP contribution < -0.4 is 10.6 Å². The molecule has 1 aliphatic rings. The van der Waals surface area contributed by atoms with Gasteiger partial charge in [-0.05, 0) is 49.8 Å². The summed E-state index contributed by atoms with van der Waals surface area (Å²) in [6, 6.07) is 5.87. The topological polar surface area (TPSA) is 44.5 Å². The lowest BCUT2D eigenvalue weighted by Gasteiger charge is -2.14. The number of benzene rings is 1. The molecule has 0 spiro atoms. The minimum Gasteiger partial charge on any atom is -0.489 e. The molecule has 1 saturated carbocycles. The highest BCUT2D eigenvalue weighted by Crippen LogP contribution is 2.30. The molecular weight excluding hydrogens is 238 g/mol. The molecule has 0 unspecified atom stereocenters. The number of rotatable bonds is 5. The second-order valence-corrected chi connectivity index (χ2v) is 4.82. The monoisotopic (exact) mass is 255 g/mol. The standard InChI is InChI=1S/C13H18ClNO2/c14-12-9-10(7-8-16-15)5-6-13(12)17-11-3-1-2-4-11/h5-6,9,11H,1-4,7-8,15H2. The summed E-state index contributed by atoms with van der Waals surface area (Å²) in [5.74, 6) is 5.78. The third-order valence-electron chi connectivity index (χ3n) is 3.10. The highest BCUT2D eigenvalue weighted by Gasteiger charge is 2.17. The molecule has 0 aliphatic heterocycles. The van der Waals surface area contributed by atoms with E-state index in [1.165, 1.54) is 12.8 Å². The van der Waals surface area contributed by atoms with Crippen molar-refractivity contribution in [2.75, 3.05) is 6.61 Å². The number of halogens is 1. The van der Waals surface area contributed by atoms with Crippen LogP contribution in [-0.4, -0.2) is 12.7 Å². The van der Waals surface area contributed by atoms with Crippen LogP contribution in [0.25, 0.3) is 0 Å². The molecule has 0 heterocycles. The first-order valence-corrected chi connectivity index (χ1v) is 6.44. The van der Waals surface area contributed by atoms with Gasteiger partial charge in [-0.3, -0.25) is 0 Å². The van der Waals surface area contributed by atoms with E-state index in [-0.39, 0.29) is 0 Å². The Labute approximate surface area is 107 Å². The van der Waals surface area contributed by atoms with Crippen LogP contribution in [0.2, 0.25) is 5.02 Å². The molecule has 2 rings (SSSR count). The Balaban J connectivity index is 1.98. The molecule has 94 valence electrons. The van der Waals surface area contributed by atoms with Crippen molar-refractivity contribution in [3.8, 4) is 5.75 Å². The van der Waals surface area contributed by atoms with E-state index in [0.29, 0.717) is 17.7 Å². The van der Waals surface area contributed by atoms with Crippen LogP contribution in [0.3, 0.4) is 0 Å². The predicted molar refractivity (Wildman–Crippen MR) is 68.2 cm³/mol. The van der Waals surface area contributed by atoms with E-state index < -0.39 is 0 Å². The molecule has 1 fully saturated rings. The van der Waals surface area contributed by atoms with E-state index in [1.54, 1.807) is 0 Å². The lowest BCUT2D eigenvalue weighted by Crippen LogP contribution is -2.11. The lowest BCUT2D eigenvalue weighted by atomic mass is 10.1. The van der Waals surface area contributed by atoms with E-state index in [2.05, 4.69) is 4.84 Å². The largest absolute Gasteiger partial charge is 0.489 e. The fraction of sp³-hybridized carbons (Fsp3) is 0.538. The van der Waals surface area contributed by atoms with Crippen LogP contribution in [0, 0.1) is 0 Å². The zero-order valence-electron chi connectivity index (χ0n) is 9.82. The molecule has 0 amide bonds. The molecule has 4 heteroatoms. The van der Waals surface area contributed by atoms with E-state index >= 15 is 0 Å². The van der Waals surface area contributed by atoms with E-state index in [0.717, 1.165) is 30.6 Å². The summed E-state index contributed by atoms with van der Waals surface area (Å²) in [7, 11) is 0. The Kier molecular flexibility index (Phi) is 4.66. The van der Waals surface area contributed by atoms with Gasteiger partial charge in [0.25, 0.3) is 0 Å². The van der Waals surface area contributed by atoms with Gasteiger partial charge < -0.3 is 9.57 Å². The summed E-state index contributed by atoms with van der Waals surface area (Å²) < 4.78 is 5.88. The van der Waals surface area contributed by atoms with Gasteiger partial charge in [-0.1, -0.05) is 17.7 Å². The number of hydrogen-bond donors (Lipinski definition) is 1. The maximum Gasteiger partial charge on any atom is 0.138 e. The highest BCUT2D eigenvalue weighted by molar-refractivity contribution is 6.32. The van der Waals surface area contributed by atoms with Crippen LogP contribution in [-0.2, 0) is 11.3 Å². The van der Waals surface area contributed by atoms with E-state index in [4.69, 9.17) is 22.2 Å². The van der Waals surface area contributed by atoms with Crippen LogP contribution in [0.4, 0.5) is 0 Å². The summed E-state index contributed by atoms with van der Waals surface area (Å²) in [5.41, 5.74) is 1.11. The Morgan fingerprint density at radius 1 is 1.29 bits per heavy atom. The van der Waals surface area contributed by atoms with Gasteiger partial charge in [0.2, 0.25) is 0 Å². The van der Waals surface area contributed by atoms with Crippen molar-refractivity contribution in [2.45, 2.75) is 38.2 Å². The fourth-order valence-corrected chi connectivity index (χ4v) is 2.41. The van der Waals surface area contributed by atoms with Gasteiger partial charge in [0.1, 0.15) is 5.75 Å².